The molecule has 0 saturated carbocycles. The Balaban J connectivity index is 2.42. The second kappa shape index (κ2) is 7.05. The monoisotopic (exact) mass is 360 g/mol. The van der Waals surface area contributed by atoms with Gasteiger partial charge in [0.15, 0.2) is 0 Å². The average molecular weight is 361 g/mol. The van der Waals surface area contributed by atoms with Gasteiger partial charge in [0.2, 0.25) is 0 Å². The van der Waals surface area contributed by atoms with Crippen molar-refractivity contribution >= 4 is 39.3 Å². The highest BCUT2D eigenvalue weighted by Gasteiger charge is 2.51. The largest absolute Gasteiger partial charge is 0.136 e. The maximum absolute atomic E-state index is 2.60. The molecule has 0 atom stereocenters. The molecule has 0 fully saturated rings. The molecular weight excluding hydrogens is 336 g/mol. The van der Waals surface area contributed by atoms with Crippen LogP contribution in [0.5, 0.6) is 0 Å². The molecule has 120 valence electrons. The fourth-order valence-corrected chi connectivity index (χ4v) is 25.8. The van der Waals surface area contributed by atoms with Crippen molar-refractivity contribution < 1.29 is 0 Å². The SMILES string of the molecule is C[Si][Si](C)(C)[Si](c1ccccc1)(c1ccccc1)c1ccccc1. The highest BCUT2D eigenvalue weighted by atomic mass is 29.6. The molecule has 0 bridgehead atoms. The first-order chi connectivity index (χ1) is 11.6. The van der Waals surface area contributed by atoms with Crippen molar-refractivity contribution in [2.45, 2.75) is 19.6 Å². The summed E-state index contributed by atoms with van der Waals surface area (Å²) in [4.78, 5) is 0. The normalized spacial score (nSPS) is 12.1. The van der Waals surface area contributed by atoms with Gasteiger partial charge in [0.05, 0.1) is 0 Å². The Bertz CT molecular complexity index is 671. The third-order valence-corrected chi connectivity index (χ3v) is 29.5. The standard InChI is InChI=1S/C21H24Si3/c1-22-23(2,3)24(19-13-7-4-8-14-19,20-15-9-5-10-16-20)21-17-11-6-12-18-21/h4-18H,1-3H3. The van der Waals surface area contributed by atoms with Crippen molar-refractivity contribution in [2.75, 3.05) is 0 Å². The minimum atomic E-state index is -2.00. The summed E-state index contributed by atoms with van der Waals surface area (Å²) in [5, 5.41) is 4.69. The Morgan fingerprint density at radius 2 is 0.833 bits per heavy atom. The van der Waals surface area contributed by atoms with Crippen LogP contribution in [0.15, 0.2) is 91.0 Å². The lowest BCUT2D eigenvalue weighted by Crippen LogP contribution is -2.82. The molecule has 24 heavy (non-hydrogen) atoms. The smallest absolute Gasteiger partial charge is 0.0756 e. The van der Waals surface area contributed by atoms with Gasteiger partial charge in [0, 0.05) is 16.1 Å². The van der Waals surface area contributed by atoms with Gasteiger partial charge in [-0.05, 0) is 0 Å². The molecule has 0 aliphatic heterocycles. The van der Waals surface area contributed by atoms with Crippen LogP contribution in [0.25, 0.3) is 0 Å². The second-order valence-corrected chi connectivity index (χ2v) is 26.5. The lowest BCUT2D eigenvalue weighted by molar-refractivity contribution is 1.69. The zero-order valence-electron chi connectivity index (χ0n) is 14.7. The molecule has 2 radical (unpaired) electrons. The minimum Gasteiger partial charge on any atom is -0.0756 e. The first-order valence-electron chi connectivity index (χ1n) is 8.48. The van der Waals surface area contributed by atoms with E-state index < -0.39 is 14.7 Å². The Kier molecular flexibility index (Phi) is 5.04. The highest BCUT2D eigenvalue weighted by molar-refractivity contribution is 7.70. The molecule has 0 saturated heterocycles. The van der Waals surface area contributed by atoms with E-state index >= 15 is 0 Å². The number of benzene rings is 3. The van der Waals surface area contributed by atoms with Crippen LogP contribution in [0.2, 0.25) is 19.6 Å². The van der Waals surface area contributed by atoms with Gasteiger partial charge < -0.3 is 0 Å². The van der Waals surface area contributed by atoms with Crippen molar-refractivity contribution in [1.82, 2.24) is 0 Å². The van der Waals surface area contributed by atoms with Gasteiger partial charge in [-0.2, -0.15) is 0 Å². The van der Waals surface area contributed by atoms with Gasteiger partial charge in [-0.1, -0.05) is 126 Å². The molecule has 3 rings (SSSR count). The first kappa shape index (κ1) is 17.1. The van der Waals surface area contributed by atoms with Gasteiger partial charge in [-0.15, -0.1) is 0 Å². The zero-order chi connectivity index (χ0) is 17.0. The maximum Gasteiger partial charge on any atom is 0.136 e. The van der Waals surface area contributed by atoms with E-state index in [9.17, 15) is 0 Å². The molecule has 0 nitrogen and oxygen atoms in total. The van der Waals surface area contributed by atoms with E-state index in [4.69, 9.17) is 0 Å². The molecular formula is C21H24Si3. The van der Waals surface area contributed by atoms with E-state index in [1.54, 1.807) is 15.6 Å². The molecule has 0 N–H and O–H groups in total. The van der Waals surface area contributed by atoms with Gasteiger partial charge in [0.25, 0.3) is 0 Å². The van der Waals surface area contributed by atoms with Gasteiger partial charge in [0.1, 0.15) is 7.59 Å². The lowest BCUT2D eigenvalue weighted by Gasteiger charge is -2.45. The summed E-state index contributed by atoms with van der Waals surface area (Å²) < 4.78 is 0. The van der Waals surface area contributed by atoms with Crippen LogP contribution in [0, 0.1) is 0 Å². The Morgan fingerprint density at radius 3 is 1.08 bits per heavy atom. The fourth-order valence-electron chi connectivity index (χ4n) is 3.83. The minimum absolute atomic E-state index is 1.01. The molecule has 3 aromatic carbocycles. The quantitative estimate of drug-likeness (QED) is 0.484. The molecule has 0 aromatic heterocycles. The summed E-state index contributed by atoms with van der Waals surface area (Å²) in [6.07, 6.45) is 0. The Hall–Kier alpha value is -1.69. The van der Waals surface area contributed by atoms with Crippen LogP contribution in [-0.4, -0.2) is 23.7 Å². The van der Waals surface area contributed by atoms with Crippen molar-refractivity contribution in [3.8, 4) is 0 Å². The third-order valence-electron chi connectivity index (χ3n) is 5.18. The van der Waals surface area contributed by atoms with Crippen molar-refractivity contribution in [3.05, 3.63) is 91.0 Å². The van der Waals surface area contributed by atoms with Crippen molar-refractivity contribution in [1.29, 1.82) is 0 Å². The molecule has 0 amide bonds. The summed E-state index contributed by atoms with van der Waals surface area (Å²) in [5.74, 6) is 0. The highest BCUT2D eigenvalue weighted by Crippen LogP contribution is 2.19. The zero-order valence-corrected chi connectivity index (χ0v) is 17.7. The molecule has 0 aliphatic carbocycles. The van der Waals surface area contributed by atoms with Crippen LogP contribution in [-0.2, 0) is 0 Å². The number of hydrogen-bond acceptors (Lipinski definition) is 0. The van der Waals surface area contributed by atoms with Crippen LogP contribution >= 0.6 is 0 Å². The summed E-state index contributed by atoms with van der Waals surface area (Å²) in [7, 11) is -2.50. The van der Waals surface area contributed by atoms with Crippen molar-refractivity contribution in [2.24, 2.45) is 0 Å². The molecule has 0 unspecified atom stereocenters. The van der Waals surface area contributed by atoms with Gasteiger partial charge in [-0.3, -0.25) is 0 Å². The van der Waals surface area contributed by atoms with E-state index in [1.165, 1.54) is 0 Å². The topological polar surface area (TPSA) is 0 Å². The van der Waals surface area contributed by atoms with Gasteiger partial charge >= 0.3 is 0 Å². The summed E-state index contributed by atoms with van der Waals surface area (Å²) in [6, 6.07) is 34.0. The van der Waals surface area contributed by atoms with E-state index in [1.807, 2.05) is 0 Å². The van der Waals surface area contributed by atoms with E-state index in [2.05, 4.69) is 111 Å². The summed E-state index contributed by atoms with van der Waals surface area (Å²) in [5.41, 5.74) is 0. The predicted octanol–water partition coefficient (Wildman–Crippen LogP) is 3.19. The predicted molar refractivity (Wildman–Crippen MR) is 113 cm³/mol. The molecule has 3 heteroatoms. The maximum atomic E-state index is 2.60. The second-order valence-electron chi connectivity index (χ2n) is 6.72. The molecule has 0 aliphatic rings. The number of rotatable bonds is 5. The van der Waals surface area contributed by atoms with E-state index in [0.717, 1.165) is 9.04 Å². The van der Waals surface area contributed by atoms with Crippen LogP contribution in [0.3, 0.4) is 0 Å². The van der Waals surface area contributed by atoms with Crippen molar-refractivity contribution in [3.63, 3.8) is 0 Å². The van der Waals surface area contributed by atoms with Crippen LogP contribution in [0.4, 0.5) is 0 Å². The molecule has 0 heterocycles. The molecule has 0 spiro atoms. The Labute approximate surface area is 150 Å². The van der Waals surface area contributed by atoms with E-state index in [0.29, 0.717) is 0 Å². The fraction of sp³-hybridized carbons (Fsp3) is 0.143. The van der Waals surface area contributed by atoms with E-state index in [-0.39, 0.29) is 0 Å². The lowest BCUT2D eigenvalue weighted by atomic mass is 10.3. The Morgan fingerprint density at radius 1 is 0.542 bits per heavy atom. The molecule has 3 aromatic rings. The third kappa shape index (κ3) is 2.77. The number of hydrogen-bond donors (Lipinski definition) is 0. The summed E-state index contributed by atoms with van der Waals surface area (Å²) >= 11 is 0. The summed E-state index contributed by atoms with van der Waals surface area (Å²) in [6.45, 7) is 7.62. The van der Waals surface area contributed by atoms with Crippen LogP contribution in [0.1, 0.15) is 0 Å². The first-order valence-corrected chi connectivity index (χ1v) is 17.0. The van der Waals surface area contributed by atoms with Crippen LogP contribution < -0.4 is 15.6 Å². The van der Waals surface area contributed by atoms with Gasteiger partial charge in [-0.25, -0.2) is 0 Å². The average Bonchev–Trinajstić information content (AvgIpc) is 2.65.